The molecule has 4 heterocycles. The third-order valence-corrected chi connectivity index (χ3v) is 15.7. The lowest BCUT2D eigenvalue weighted by molar-refractivity contribution is -0.188. The minimum absolute atomic E-state index is 0.00818. The Bertz CT molecular complexity index is 1800. The fraction of sp³-hybridized carbons (Fsp3) is 0.667. The van der Waals surface area contributed by atoms with Crippen LogP contribution in [0.2, 0.25) is 0 Å². The molecular weight excluding hydrogens is 660 g/mol. The standard InChI is InChI=1S/C42H48N2O8/c45-27-9-11-41(47)31-19-25-5-7-29(35-33(25)39(41,37(27)51-35)13-15-43(31)21-23-1-2-23)49-17-18-50-30-8-6-26-20-32-42(48)12-10-28(46)38-40(42,34(26)36(30)52-38)14-16-44(32)22-24-3-4-24/h5-8,23-24,31-32,37-38,47-48H,1-4,9-22H2/t31-,32-,37+,38+,39+,40+,41-,42-/m1/s1. The van der Waals surface area contributed by atoms with Crippen LogP contribution in [0.15, 0.2) is 24.3 Å². The van der Waals surface area contributed by atoms with E-state index in [0.29, 0.717) is 61.5 Å². The van der Waals surface area contributed by atoms with E-state index >= 15 is 0 Å². The second-order valence-electron chi connectivity index (χ2n) is 18.1. The van der Waals surface area contributed by atoms with E-state index in [-0.39, 0.29) is 36.9 Å². The second kappa shape index (κ2) is 10.3. The topological polar surface area (TPSA) is 118 Å². The lowest BCUT2D eigenvalue weighted by atomic mass is 9.49. The predicted octanol–water partition coefficient (Wildman–Crippen LogP) is 3.41. The normalized spacial score (nSPS) is 40.5. The summed E-state index contributed by atoms with van der Waals surface area (Å²) in [5.74, 6) is 4.00. The van der Waals surface area contributed by atoms with Gasteiger partial charge in [-0.25, -0.2) is 0 Å². The van der Waals surface area contributed by atoms with Crippen molar-refractivity contribution >= 4 is 11.6 Å². The Kier molecular flexibility index (Phi) is 6.19. The Morgan fingerprint density at radius 3 is 1.52 bits per heavy atom. The van der Waals surface area contributed by atoms with E-state index in [4.69, 9.17) is 18.9 Å². The highest BCUT2D eigenvalue weighted by Crippen LogP contribution is 2.67. The van der Waals surface area contributed by atoms with Crippen molar-refractivity contribution in [3.05, 3.63) is 46.5 Å². The van der Waals surface area contributed by atoms with Crippen molar-refractivity contribution in [2.45, 2.75) is 123 Å². The zero-order valence-corrected chi connectivity index (χ0v) is 29.7. The molecule has 0 aromatic heterocycles. The van der Waals surface area contributed by atoms with Crippen molar-refractivity contribution in [1.29, 1.82) is 0 Å². The van der Waals surface area contributed by atoms with Crippen molar-refractivity contribution < 1.29 is 38.7 Å². The van der Waals surface area contributed by atoms with Crippen molar-refractivity contribution in [2.24, 2.45) is 11.8 Å². The molecule has 12 rings (SSSR count). The lowest BCUT2D eigenvalue weighted by Gasteiger charge is -2.62. The van der Waals surface area contributed by atoms with Crippen LogP contribution in [-0.4, -0.2) is 106 Å². The van der Waals surface area contributed by atoms with Crippen LogP contribution in [0.4, 0.5) is 0 Å². The first-order valence-electron chi connectivity index (χ1n) is 20.1. The fourth-order valence-corrected chi connectivity index (χ4v) is 13.0. The number of ketones is 2. The van der Waals surface area contributed by atoms with Gasteiger partial charge in [-0.15, -0.1) is 0 Å². The van der Waals surface area contributed by atoms with Gasteiger partial charge < -0.3 is 29.2 Å². The van der Waals surface area contributed by atoms with Crippen molar-refractivity contribution in [1.82, 2.24) is 9.80 Å². The van der Waals surface area contributed by atoms with Gasteiger partial charge in [0, 0.05) is 49.1 Å². The number of likely N-dealkylation sites (tertiary alicyclic amines) is 2. The summed E-state index contributed by atoms with van der Waals surface area (Å²) in [5, 5.41) is 25.2. The molecular formula is C42H48N2O8. The number of nitrogens with zero attached hydrogens (tertiary/aromatic N) is 2. The molecule has 10 aliphatic rings. The molecule has 2 aromatic rings. The molecule has 6 fully saturated rings. The predicted molar refractivity (Wildman–Crippen MR) is 187 cm³/mol. The molecule has 6 aliphatic carbocycles. The molecule has 0 unspecified atom stereocenters. The van der Waals surface area contributed by atoms with E-state index in [1.54, 1.807) is 0 Å². The fourth-order valence-electron chi connectivity index (χ4n) is 13.0. The van der Waals surface area contributed by atoms with Crippen LogP contribution in [0.1, 0.15) is 86.5 Å². The zero-order chi connectivity index (χ0) is 34.8. The van der Waals surface area contributed by atoms with Gasteiger partial charge in [0.05, 0.1) is 22.0 Å². The molecule has 52 heavy (non-hydrogen) atoms. The van der Waals surface area contributed by atoms with E-state index in [0.717, 1.165) is 73.1 Å². The van der Waals surface area contributed by atoms with Crippen LogP contribution >= 0.6 is 0 Å². The summed E-state index contributed by atoms with van der Waals surface area (Å²) in [6.07, 6.45) is 8.24. The van der Waals surface area contributed by atoms with E-state index in [2.05, 4.69) is 21.9 Å². The summed E-state index contributed by atoms with van der Waals surface area (Å²) < 4.78 is 26.0. The molecule has 2 saturated heterocycles. The van der Waals surface area contributed by atoms with Gasteiger partial charge in [-0.3, -0.25) is 19.4 Å². The number of aliphatic hydroxyl groups is 2. The Hall–Kier alpha value is -3.18. The quantitative estimate of drug-likeness (QED) is 0.376. The first kappa shape index (κ1) is 31.2. The first-order chi connectivity index (χ1) is 25.2. The molecule has 8 atom stereocenters. The van der Waals surface area contributed by atoms with Crippen LogP contribution in [0.5, 0.6) is 23.0 Å². The number of benzene rings is 2. The molecule has 0 amide bonds. The second-order valence-corrected chi connectivity index (χ2v) is 18.1. The smallest absolute Gasteiger partial charge is 0.174 e. The average Bonchev–Trinajstić information content (AvgIpc) is 4.06. The molecule has 2 spiro atoms. The molecule has 10 nitrogen and oxygen atoms in total. The highest BCUT2D eigenvalue weighted by molar-refractivity contribution is 5.91. The number of ether oxygens (including phenoxy) is 4. The van der Waals surface area contributed by atoms with Crippen LogP contribution in [0.25, 0.3) is 0 Å². The van der Waals surface area contributed by atoms with Gasteiger partial charge >= 0.3 is 0 Å². The van der Waals surface area contributed by atoms with E-state index in [1.807, 2.05) is 12.1 Å². The summed E-state index contributed by atoms with van der Waals surface area (Å²) in [4.78, 5) is 32.0. The number of hydrogen-bond donors (Lipinski definition) is 2. The van der Waals surface area contributed by atoms with Gasteiger partial charge in [-0.1, -0.05) is 12.1 Å². The van der Waals surface area contributed by atoms with Crippen molar-refractivity contribution in [2.75, 3.05) is 39.4 Å². The van der Waals surface area contributed by atoms with Crippen LogP contribution in [-0.2, 0) is 33.3 Å². The summed E-state index contributed by atoms with van der Waals surface area (Å²) in [7, 11) is 0. The SMILES string of the molecule is O=C1CC[C@@]2(O)[C@H]3Cc4ccc(OCCOc5ccc6c7c5O[C@H]5C(=O)CC[C@@]8(O)[C@@H](C6)N(CC6CC6)CC[C@]758)c5c4[C@@]2(CCN3CC2CC2)[C@H]1O5. The Labute approximate surface area is 303 Å². The highest BCUT2D eigenvalue weighted by atomic mass is 16.6. The van der Waals surface area contributed by atoms with Gasteiger partial charge in [0.2, 0.25) is 0 Å². The van der Waals surface area contributed by atoms with Crippen LogP contribution in [0, 0.1) is 11.8 Å². The number of piperidine rings is 2. The van der Waals surface area contributed by atoms with E-state index in [9.17, 15) is 19.8 Å². The van der Waals surface area contributed by atoms with Gasteiger partial charge in [0.25, 0.3) is 0 Å². The largest absolute Gasteiger partial charge is 0.486 e. The van der Waals surface area contributed by atoms with E-state index in [1.165, 1.54) is 25.7 Å². The highest BCUT2D eigenvalue weighted by Gasteiger charge is 2.74. The minimum Gasteiger partial charge on any atom is -0.486 e. The van der Waals surface area contributed by atoms with Crippen molar-refractivity contribution in [3.63, 3.8) is 0 Å². The number of Topliss-reactive ketones (excluding diaryl/α,β-unsaturated/α-hetero) is 2. The van der Waals surface area contributed by atoms with Gasteiger partial charge in [-0.05, 0) is 112 Å². The Balaban J connectivity index is 0.818. The molecule has 4 bridgehead atoms. The van der Waals surface area contributed by atoms with Crippen LogP contribution < -0.4 is 18.9 Å². The Morgan fingerprint density at radius 1 is 0.654 bits per heavy atom. The van der Waals surface area contributed by atoms with Crippen molar-refractivity contribution in [3.8, 4) is 23.0 Å². The Morgan fingerprint density at radius 2 is 1.10 bits per heavy atom. The molecule has 10 heteroatoms. The van der Waals surface area contributed by atoms with Gasteiger partial charge in [0.15, 0.2) is 46.8 Å². The van der Waals surface area contributed by atoms with Gasteiger partial charge in [0.1, 0.15) is 13.2 Å². The molecule has 2 N–H and O–H groups in total. The number of carbonyl (C=O) groups is 2. The average molecular weight is 709 g/mol. The number of carbonyl (C=O) groups excluding carboxylic acids is 2. The third kappa shape index (κ3) is 3.75. The number of rotatable bonds is 9. The molecule has 2 aromatic carbocycles. The maximum Gasteiger partial charge on any atom is 0.174 e. The maximum atomic E-state index is 13.5. The maximum absolute atomic E-state index is 13.5. The first-order valence-corrected chi connectivity index (χ1v) is 20.1. The minimum atomic E-state index is -1.01. The summed E-state index contributed by atoms with van der Waals surface area (Å²) in [6.45, 7) is 4.25. The molecule has 4 saturated carbocycles. The monoisotopic (exact) mass is 708 g/mol. The lowest BCUT2D eigenvalue weighted by Crippen LogP contribution is -2.76. The van der Waals surface area contributed by atoms with Gasteiger partial charge in [-0.2, -0.15) is 0 Å². The van der Waals surface area contributed by atoms with E-state index < -0.39 is 34.2 Å². The summed E-state index contributed by atoms with van der Waals surface area (Å²) in [5.41, 5.74) is 0.819. The number of hydrogen-bond acceptors (Lipinski definition) is 10. The summed E-state index contributed by atoms with van der Waals surface area (Å²) >= 11 is 0. The molecule has 4 aliphatic heterocycles. The molecule has 0 radical (unpaired) electrons. The third-order valence-electron chi connectivity index (χ3n) is 15.7. The zero-order valence-electron chi connectivity index (χ0n) is 29.7. The summed E-state index contributed by atoms with van der Waals surface area (Å²) in [6, 6.07) is 8.14. The van der Waals surface area contributed by atoms with Crippen LogP contribution in [0.3, 0.4) is 0 Å². The molecule has 274 valence electrons.